The lowest BCUT2D eigenvalue weighted by molar-refractivity contribution is 0.479. The smallest absolute Gasteiger partial charge is 0.101 e. The van der Waals surface area contributed by atoms with Crippen molar-refractivity contribution in [1.82, 2.24) is 0 Å². The highest BCUT2D eigenvalue weighted by molar-refractivity contribution is 5.58. The monoisotopic (exact) mass is 217 g/mol. The van der Waals surface area contributed by atoms with Crippen LogP contribution in [0, 0.1) is 11.3 Å². The molecule has 1 rings (SSSR count). The summed E-state index contributed by atoms with van der Waals surface area (Å²) in [4.78, 5) is 2.08. The molecule has 16 heavy (non-hydrogen) atoms. The molecule has 0 amide bonds. The molecule has 0 aliphatic heterocycles. The highest BCUT2D eigenvalue weighted by Crippen LogP contribution is 2.19. The predicted octanol–water partition coefficient (Wildman–Crippen LogP) is 2.12. The van der Waals surface area contributed by atoms with Gasteiger partial charge in [-0.05, 0) is 32.4 Å². The van der Waals surface area contributed by atoms with Gasteiger partial charge in [-0.25, -0.2) is 0 Å². The molecule has 0 aromatic heterocycles. The van der Waals surface area contributed by atoms with Crippen molar-refractivity contribution < 1.29 is 0 Å². The van der Waals surface area contributed by atoms with Gasteiger partial charge in [0.05, 0.1) is 11.3 Å². The topological polar surface area (TPSA) is 53.0 Å². The summed E-state index contributed by atoms with van der Waals surface area (Å²) in [5.41, 5.74) is 7.45. The van der Waals surface area contributed by atoms with Crippen LogP contribution in [-0.4, -0.2) is 19.1 Å². The average Bonchev–Trinajstić information content (AvgIpc) is 2.25. The van der Waals surface area contributed by atoms with E-state index >= 15 is 0 Å². The van der Waals surface area contributed by atoms with E-state index in [1.165, 1.54) is 0 Å². The van der Waals surface area contributed by atoms with E-state index in [-0.39, 0.29) is 5.54 Å². The number of hydrogen-bond acceptors (Lipinski definition) is 3. The fraction of sp³-hybridized carbons (Fsp3) is 0.462. The molecule has 0 aliphatic rings. The SMILES string of the molecule is CN(CCC(C)(C)N)c1ccccc1C#N. The van der Waals surface area contributed by atoms with Gasteiger partial charge in [0.25, 0.3) is 0 Å². The van der Waals surface area contributed by atoms with Crippen molar-refractivity contribution in [3.05, 3.63) is 29.8 Å². The Labute approximate surface area is 97.5 Å². The fourth-order valence-electron chi connectivity index (χ4n) is 1.48. The Hall–Kier alpha value is -1.53. The highest BCUT2D eigenvalue weighted by Gasteiger charge is 2.13. The van der Waals surface area contributed by atoms with E-state index in [0.717, 1.165) is 18.7 Å². The van der Waals surface area contributed by atoms with Crippen molar-refractivity contribution in [3.63, 3.8) is 0 Å². The first-order valence-corrected chi connectivity index (χ1v) is 5.43. The second kappa shape index (κ2) is 5.00. The molecule has 0 saturated heterocycles. The first-order chi connectivity index (χ1) is 7.44. The molecule has 0 saturated carbocycles. The molecular weight excluding hydrogens is 198 g/mol. The van der Waals surface area contributed by atoms with Gasteiger partial charge in [-0.1, -0.05) is 12.1 Å². The molecule has 3 nitrogen and oxygen atoms in total. The molecule has 3 heteroatoms. The summed E-state index contributed by atoms with van der Waals surface area (Å²) in [6.07, 6.45) is 0.892. The largest absolute Gasteiger partial charge is 0.373 e. The van der Waals surface area contributed by atoms with Crippen molar-refractivity contribution in [3.8, 4) is 6.07 Å². The third kappa shape index (κ3) is 3.56. The van der Waals surface area contributed by atoms with Crippen LogP contribution in [0.5, 0.6) is 0 Å². The maximum Gasteiger partial charge on any atom is 0.101 e. The predicted molar refractivity (Wildman–Crippen MR) is 67.3 cm³/mol. The van der Waals surface area contributed by atoms with Crippen LogP contribution in [0.3, 0.4) is 0 Å². The van der Waals surface area contributed by atoms with E-state index in [1.54, 1.807) is 0 Å². The fourth-order valence-corrected chi connectivity index (χ4v) is 1.48. The maximum atomic E-state index is 8.99. The summed E-state index contributed by atoms with van der Waals surface area (Å²) in [6, 6.07) is 9.82. The maximum absolute atomic E-state index is 8.99. The van der Waals surface area contributed by atoms with Gasteiger partial charge in [0, 0.05) is 19.1 Å². The van der Waals surface area contributed by atoms with Gasteiger partial charge in [-0.2, -0.15) is 5.26 Å². The Morgan fingerprint density at radius 2 is 2.00 bits per heavy atom. The molecular formula is C13H19N3. The zero-order valence-corrected chi connectivity index (χ0v) is 10.2. The second-order valence-electron chi connectivity index (χ2n) is 4.79. The molecule has 0 bridgehead atoms. The van der Waals surface area contributed by atoms with E-state index in [9.17, 15) is 0 Å². The molecule has 1 aromatic carbocycles. The normalized spacial score (nSPS) is 10.9. The van der Waals surface area contributed by atoms with Gasteiger partial charge >= 0.3 is 0 Å². The minimum atomic E-state index is -0.171. The first kappa shape index (κ1) is 12.5. The van der Waals surface area contributed by atoms with E-state index < -0.39 is 0 Å². The minimum absolute atomic E-state index is 0.171. The Morgan fingerprint density at radius 3 is 2.56 bits per heavy atom. The quantitative estimate of drug-likeness (QED) is 0.840. The van der Waals surface area contributed by atoms with Crippen LogP contribution < -0.4 is 10.6 Å². The van der Waals surface area contributed by atoms with E-state index in [4.69, 9.17) is 11.0 Å². The number of anilines is 1. The Kier molecular flexibility index (Phi) is 3.92. The van der Waals surface area contributed by atoms with Crippen molar-refractivity contribution >= 4 is 5.69 Å². The summed E-state index contributed by atoms with van der Waals surface area (Å²) < 4.78 is 0. The highest BCUT2D eigenvalue weighted by atomic mass is 15.1. The molecule has 1 aromatic rings. The standard InChI is InChI=1S/C13H19N3/c1-13(2,15)8-9-16(3)12-7-5-4-6-11(12)10-14/h4-7H,8-9,15H2,1-3H3. The van der Waals surface area contributed by atoms with Crippen molar-refractivity contribution in [2.75, 3.05) is 18.5 Å². The number of nitrogens with two attached hydrogens (primary N) is 1. The summed E-state index contributed by atoms with van der Waals surface area (Å²) in [7, 11) is 1.99. The summed E-state index contributed by atoms with van der Waals surface area (Å²) in [6.45, 7) is 4.87. The van der Waals surface area contributed by atoms with Crippen LogP contribution in [0.15, 0.2) is 24.3 Å². The zero-order valence-electron chi connectivity index (χ0n) is 10.2. The zero-order chi connectivity index (χ0) is 12.2. The van der Waals surface area contributed by atoms with E-state index in [0.29, 0.717) is 5.56 Å². The van der Waals surface area contributed by atoms with Gasteiger partial charge in [0.15, 0.2) is 0 Å². The van der Waals surface area contributed by atoms with Crippen LogP contribution in [0.4, 0.5) is 5.69 Å². The summed E-state index contributed by atoms with van der Waals surface area (Å²) >= 11 is 0. The first-order valence-electron chi connectivity index (χ1n) is 5.43. The van der Waals surface area contributed by atoms with Crippen molar-refractivity contribution in [2.24, 2.45) is 5.73 Å². The van der Waals surface area contributed by atoms with Crippen molar-refractivity contribution in [2.45, 2.75) is 25.8 Å². The number of rotatable bonds is 4. The molecule has 2 N–H and O–H groups in total. The number of benzene rings is 1. The lowest BCUT2D eigenvalue weighted by Gasteiger charge is -2.25. The van der Waals surface area contributed by atoms with Gasteiger partial charge in [-0.3, -0.25) is 0 Å². The van der Waals surface area contributed by atoms with Gasteiger partial charge in [0.2, 0.25) is 0 Å². The Morgan fingerprint density at radius 1 is 1.38 bits per heavy atom. The summed E-state index contributed by atoms with van der Waals surface area (Å²) in [5, 5.41) is 8.99. The molecule has 0 unspecified atom stereocenters. The third-order valence-electron chi connectivity index (χ3n) is 2.53. The lowest BCUT2D eigenvalue weighted by Crippen LogP contribution is -2.36. The third-order valence-corrected chi connectivity index (χ3v) is 2.53. The second-order valence-corrected chi connectivity index (χ2v) is 4.79. The van der Waals surface area contributed by atoms with Gasteiger partial charge in [0.1, 0.15) is 6.07 Å². The van der Waals surface area contributed by atoms with Crippen LogP contribution >= 0.6 is 0 Å². The summed E-state index contributed by atoms with van der Waals surface area (Å²) in [5.74, 6) is 0. The van der Waals surface area contributed by atoms with Crippen LogP contribution in [0.1, 0.15) is 25.8 Å². The van der Waals surface area contributed by atoms with Crippen molar-refractivity contribution in [1.29, 1.82) is 5.26 Å². The average molecular weight is 217 g/mol. The van der Waals surface area contributed by atoms with Gasteiger partial charge < -0.3 is 10.6 Å². The molecule has 0 fully saturated rings. The molecule has 0 heterocycles. The van der Waals surface area contributed by atoms with Crippen LogP contribution in [0.25, 0.3) is 0 Å². The molecule has 0 aliphatic carbocycles. The molecule has 0 atom stereocenters. The lowest BCUT2D eigenvalue weighted by atomic mass is 10.0. The minimum Gasteiger partial charge on any atom is -0.373 e. The number of nitrogens with zero attached hydrogens (tertiary/aromatic N) is 2. The van der Waals surface area contributed by atoms with E-state index in [2.05, 4.69) is 11.0 Å². The van der Waals surface area contributed by atoms with Crippen LogP contribution in [0.2, 0.25) is 0 Å². The molecule has 0 spiro atoms. The number of para-hydroxylation sites is 1. The molecule has 0 radical (unpaired) electrons. The van der Waals surface area contributed by atoms with E-state index in [1.807, 2.05) is 45.2 Å². The number of hydrogen-bond donors (Lipinski definition) is 1. The van der Waals surface area contributed by atoms with Gasteiger partial charge in [-0.15, -0.1) is 0 Å². The Bertz CT molecular complexity index is 385. The van der Waals surface area contributed by atoms with Crippen LogP contribution in [-0.2, 0) is 0 Å². The number of nitriles is 1. The molecule has 86 valence electrons. The Balaban J connectivity index is 2.74.